The van der Waals surface area contributed by atoms with Gasteiger partial charge in [0.15, 0.2) is 5.65 Å². The lowest BCUT2D eigenvalue weighted by molar-refractivity contribution is -0.136. The van der Waals surface area contributed by atoms with Gasteiger partial charge in [0, 0.05) is 29.4 Å². The highest BCUT2D eigenvalue weighted by Crippen LogP contribution is 2.23. The lowest BCUT2D eigenvalue weighted by atomic mass is 10.1. The van der Waals surface area contributed by atoms with E-state index in [4.69, 9.17) is 5.11 Å². The molecule has 0 unspecified atom stereocenters. The normalized spacial score (nSPS) is 11.1. The van der Waals surface area contributed by atoms with Crippen molar-refractivity contribution in [3.05, 3.63) is 52.8 Å². The number of aromatic nitrogens is 3. The van der Waals surface area contributed by atoms with E-state index in [1.165, 1.54) is 5.56 Å². The topological polar surface area (TPSA) is 67.5 Å². The monoisotopic (exact) mass is 309 g/mol. The van der Waals surface area contributed by atoms with Crippen molar-refractivity contribution in [1.29, 1.82) is 0 Å². The number of hydrogen-bond acceptors (Lipinski definition) is 3. The average Bonchev–Trinajstić information content (AvgIpc) is 2.91. The van der Waals surface area contributed by atoms with Gasteiger partial charge in [0.05, 0.1) is 5.69 Å². The Morgan fingerprint density at radius 1 is 1.17 bits per heavy atom. The number of hydrogen-bond donors (Lipinski definition) is 1. The summed E-state index contributed by atoms with van der Waals surface area (Å²) in [5, 5.41) is 13.5. The number of fused-ring (bicyclic) bond motifs is 1. The number of rotatable bonds is 4. The van der Waals surface area contributed by atoms with Crippen LogP contribution in [0.15, 0.2) is 30.3 Å². The summed E-state index contributed by atoms with van der Waals surface area (Å²) in [5.41, 5.74) is 6.69. The van der Waals surface area contributed by atoms with Crippen LogP contribution in [0, 0.1) is 20.8 Å². The van der Waals surface area contributed by atoms with E-state index in [1.54, 1.807) is 4.52 Å². The first-order valence-electron chi connectivity index (χ1n) is 7.60. The molecule has 0 saturated heterocycles. The maximum Gasteiger partial charge on any atom is 0.303 e. The summed E-state index contributed by atoms with van der Waals surface area (Å²) >= 11 is 0. The molecular weight excluding hydrogens is 290 g/mol. The Balaban J connectivity index is 2.07. The minimum absolute atomic E-state index is 0.0982. The molecule has 0 saturated carbocycles. The van der Waals surface area contributed by atoms with Crippen molar-refractivity contribution in [1.82, 2.24) is 14.6 Å². The molecule has 1 aromatic carbocycles. The number of carbonyl (C=O) groups is 1. The maximum absolute atomic E-state index is 10.8. The van der Waals surface area contributed by atoms with E-state index in [9.17, 15) is 4.79 Å². The molecule has 3 aromatic rings. The summed E-state index contributed by atoms with van der Waals surface area (Å²) in [6.45, 7) is 5.94. The second kappa shape index (κ2) is 5.83. The fraction of sp³-hybridized carbons (Fsp3) is 0.278. The SMILES string of the molecule is Cc1ccc(-c2cc3nc(C)c(CCC(=O)O)c(C)n3n2)cc1. The third-order valence-electron chi connectivity index (χ3n) is 4.10. The molecule has 5 heteroatoms. The molecule has 118 valence electrons. The van der Waals surface area contributed by atoms with Crippen LogP contribution in [-0.4, -0.2) is 25.7 Å². The molecule has 3 rings (SSSR count). The quantitative estimate of drug-likeness (QED) is 0.802. The number of benzene rings is 1. The molecule has 0 bridgehead atoms. The molecule has 2 aromatic heterocycles. The highest BCUT2D eigenvalue weighted by Gasteiger charge is 2.14. The lowest BCUT2D eigenvalue weighted by Gasteiger charge is -2.09. The van der Waals surface area contributed by atoms with Crippen molar-refractivity contribution in [3.63, 3.8) is 0 Å². The van der Waals surface area contributed by atoms with E-state index >= 15 is 0 Å². The maximum atomic E-state index is 10.8. The van der Waals surface area contributed by atoms with Crippen LogP contribution in [0.3, 0.4) is 0 Å². The summed E-state index contributed by atoms with van der Waals surface area (Å²) in [4.78, 5) is 15.4. The molecule has 0 fully saturated rings. The molecule has 0 radical (unpaired) electrons. The van der Waals surface area contributed by atoms with Crippen molar-refractivity contribution < 1.29 is 9.90 Å². The minimum Gasteiger partial charge on any atom is -0.481 e. The third kappa shape index (κ3) is 2.95. The van der Waals surface area contributed by atoms with E-state index in [0.717, 1.165) is 33.9 Å². The van der Waals surface area contributed by atoms with Gasteiger partial charge in [-0.05, 0) is 32.8 Å². The van der Waals surface area contributed by atoms with E-state index < -0.39 is 5.97 Å². The molecule has 2 heterocycles. The van der Waals surface area contributed by atoms with Crippen LogP contribution in [0.2, 0.25) is 0 Å². The van der Waals surface area contributed by atoms with Gasteiger partial charge in [0.25, 0.3) is 0 Å². The standard InChI is InChI=1S/C18H19N3O2/c1-11-4-6-14(7-5-11)16-10-17-19-12(2)15(8-9-18(22)23)13(3)21(17)20-16/h4-7,10H,8-9H2,1-3H3,(H,22,23). The third-order valence-corrected chi connectivity index (χ3v) is 4.10. The molecule has 0 aliphatic heterocycles. The number of carboxylic acids is 1. The summed E-state index contributed by atoms with van der Waals surface area (Å²) in [6, 6.07) is 10.2. The summed E-state index contributed by atoms with van der Waals surface area (Å²) in [6.07, 6.45) is 0.566. The molecule has 0 atom stereocenters. The second-order valence-electron chi connectivity index (χ2n) is 5.82. The smallest absolute Gasteiger partial charge is 0.303 e. The molecule has 0 amide bonds. The predicted octanol–water partition coefficient (Wildman–Crippen LogP) is 3.34. The molecule has 23 heavy (non-hydrogen) atoms. The van der Waals surface area contributed by atoms with Crippen LogP contribution in [0.1, 0.15) is 28.9 Å². The largest absolute Gasteiger partial charge is 0.481 e. The van der Waals surface area contributed by atoms with Crippen LogP contribution in [0.4, 0.5) is 0 Å². The summed E-state index contributed by atoms with van der Waals surface area (Å²) in [5.74, 6) is -0.801. The summed E-state index contributed by atoms with van der Waals surface area (Å²) < 4.78 is 1.80. The van der Waals surface area contributed by atoms with Crippen LogP contribution >= 0.6 is 0 Å². The zero-order valence-electron chi connectivity index (χ0n) is 13.5. The number of aryl methyl sites for hydroxylation is 3. The van der Waals surface area contributed by atoms with Gasteiger partial charge in [-0.3, -0.25) is 4.79 Å². The van der Waals surface area contributed by atoms with Gasteiger partial charge in [-0.1, -0.05) is 29.8 Å². The fourth-order valence-corrected chi connectivity index (χ4v) is 2.79. The van der Waals surface area contributed by atoms with Gasteiger partial charge in [-0.2, -0.15) is 5.10 Å². The van der Waals surface area contributed by atoms with E-state index in [2.05, 4.69) is 29.1 Å². The molecule has 0 aliphatic rings. The first-order valence-corrected chi connectivity index (χ1v) is 7.60. The average molecular weight is 309 g/mol. The van der Waals surface area contributed by atoms with E-state index in [0.29, 0.717) is 6.42 Å². The fourth-order valence-electron chi connectivity index (χ4n) is 2.79. The van der Waals surface area contributed by atoms with Crippen molar-refractivity contribution in [2.75, 3.05) is 0 Å². The van der Waals surface area contributed by atoms with E-state index in [1.807, 2.05) is 32.0 Å². The van der Waals surface area contributed by atoms with Crippen LogP contribution in [0.5, 0.6) is 0 Å². The highest BCUT2D eigenvalue weighted by atomic mass is 16.4. The van der Waals surface area contributed by atoms with Gasteiger partial charge in [0.2, 0.25) is 0 Å². The second-order valence-corrected chi connectivity index (χ2v) is 5.82. The number of nitrogens with zero attached hydrogens (tertiary/aromatic N) is 3. The summed E-state index contributed by atoms with van der Waals surface area (Å²) in [7, 11) is 0. The number of aliphatic carboxylic acids is 1. The molecule has 1 N–H and O–H groups in total. The van der Waals surface area contributed by atoms with Gasteiger partial charge in [-0.15, -0.1) is 0 Å². The molecule has 0 spiro atoms. The molecule has 0 aliphatic carbocycles. The van der Waals surface area contributed by atoms with Crippen LogP contribution in [0.25, 0.3) is 16.9 Å². The molecular formula is C18H19N3O2. The van der Waals surface area contributed by atoms with Crippen molar-refractivity contribution in [3.8, 4) is 11.3 Å². The molecule has 5 nitrogen and oxygen atoms in total. The Hall–Kier alpha value is -2.69. The van der Waals surface area contributed by atoms with Gasteiger partial charge in [0.1, 0.15) is 0 Å². The van der Waals surface area contributed by atoms with Gasteiger partial charge in [-0.25, -0.2) is 9.50 Å². The van der Waals surface area contributed by atoms with Crippen molar-refractivity contribution in [2.45, 2.75) is 33.6 Å². The lowest BCUT2D eigenvalue weighted by Crippen LogP contribution is -2.07. The van der Waals surface area contributed by atoms with Gasteiger partial charge < -0.3 is 5.11 Å². The predicted molar refractivity (Wildman–Crippen MR) is 88.6 cm³/mol. The van der Waals surface area contributed by atoms with Crippen molar-refractivity contribution in [2.24, 2.45) is 0 Å². The minimum atomic E-state index is -0.801. The first kappa shape index (κ1) is 15.2. The first-order chi connectivity index (χ1) is 11.0. The Morgan fingerprint density at radius 3 is 2.52 bits per heavy atom. The van der Waals surface area contributed by atoms with Crippen molar-refractivity contribution >= 4 is 11.6 Å². The Labute approximate surface area is 134 Å². The van der Waals surface area contributed by atoms with Crippen LogP contribution in [-0.2, 0) is 11.2 Å². The number of carboxylic acid groups (broad SMARTS) is 1. The highest BCUT2D eigenvalue weighted by molar-refractivity contribution is 5.67. The Morgan fingerprint density at radius 2 is 1.87 bits per heavy atom. The van der Waals surface area contributed by atoms with E-state index in [-0.39, 0.29) is 6.42 Å². The zero-order valence-corrected chi connectivity index (χ0v) is 13.5. The zero-order chi connectivity index (χ0) is 16.6. The Kier molecular flexibility index (Phi) is 3.86. The van der Waals surface area contributed by atoms with Crippen LogP contribution < -0.4 is 0 Å². The Bertz CT molecular complexity index is 879. The van der Waals surface area contributed by atoms with Gasteiger partial charge >= 0.3 is 5.97 Å².